The molecule has 1 aromatic heterocycles. The van der Waals surface area contributed by atoms with Crippen LogP contribution in [0.25, 0.3) is 0 Å². The van der Waals surface area contributed by atoms with Crippen molar-refractivity contribution in [1.82, 2.24) is 9.88 Å². The fraction of sp³-hybridized carbons (Fsp3) is 0.438. The summed E-state index contributed by atoms with van der Waals surface area (Å²) in [7, 11) is 1.66. The van der Waals surface area contributed by atoms with Crippen molar-refractivity contribution < 1.29 is 13.9 Å². The second kappa shape index (κ2) is 6.81. The molecule has 118 valence electrons. The zero-order valence-corrected chi connectivity index (χ0v) is 12.7. The largest absolute Gasteiger partial charge is 0.497 e. The third-order valence-corrected chi connectivity index (χ3v) is 3.77. The molecule has 2 N–H and O–H groups in total. The monoisotopic (exact) mass is 303 g/mol. The van der Waals surface area contributed by atoms with Crippen LogP contribution in [-0.2, 0) is 17.7 Å². The van der Waals surface area contributed by atoms with Crippen LogP contribution in [0.3, 0.4) is 0 Å². The molecule has 6 nitrogen and oxygen atoms in total. The van der Waals surface area contributed by atoms with Crippen LogP contribution < -0.4 is 10.5 Å². The van der Waals surface area contributed by atoms with Crippen molar-refractivity contribution in [3.05, 3.63) is 41.3 Å². The third-order valence-electron chi connectivity index (χ3n) is 3.77. The van der Waals surface area contributed by atoms with E-state index in [-0.39, 0.29) is 6.01 Å². The number of methoxy groups -OCH3 is 1. The number of nitrogens with two attached hydrogens (primary N) is 1. The third kappa shape index (κ3) is 3.58. The average molecular weight is 303 g/mol. The lowest BCUT2D eigenvalue weighted by atomic mass is 10.1. The SMILES string of the molecule is COc1cccc(Cc2oc(N)nc2CN2CCOCC2)c1. The first-order chi connectivity index (χ1) is 10.7. The number of rotatable bonds is 5. The van der Waals surface area contributed by atoms with Gasteiger partial charge < -0.3 is 19.6 Å². The summed E-state index contributed by atoms with van der Waals surface area (Å²) in [5, 5.41) is 0. The van der Waals surface area contributed by atoms with Crippen LogP contribution in [0, 0.1) is 0 Å². The molecule has 0 unspecified atom stereocenters. The van der Waals surface area contributed by atoms with Gasteiger partial charge in [-0.2, -0.15) is 4.98 Å². The number of benzene rings is 1. The Morgan fingerprint density at radius 2 is 2.14 bits per heavy atom. The van der Waals surface area contributed by atoms with Gasteiger partial charge >= 0.3 is 0 Å². The van der Waals surface area contributed by atoms with Gasteiger partial charge in [0.15, 0.2) is 0 Å². The van der Waals surface area contributed by atoms with E-state index in [0.717, 1.165) is 55.6 Å². The highest BCUT2D eigenvalue weighted by Gasteiger charge is 2.18. The van der Waals surface area contributed by atoms with E-state index < -0.39 is 0 Å². The second-order valence-electron chi connectivity index (χ2n) is 5.34. The van der Waals surface area contributed by atoms with Gasteiger partial charge in [-0.15, -0.1) is 0 Å². The number of nitrogens with zero attached hydrogens (tertiary/aromatic N) is 2. The molecule has 6 heteroatoms. The Hall–Kier alpha value is -2.05. The molecule has 2 heterocycles. The molecule has 0 aliphatic carbocycles. The predicted octanol–water partition coefficient (Wildman–Crippen LogP) is 1.69. The van der Waals surface area contributed by atoms with Crippen molar-refractivity contribution >= 4 is 6.01 Å². The number of aromatic nitrogens is 1. The van der Waals surface area contributed by atoms with Crippen molar-refractivity contribution in [2.45, 2.75) is 13.0 Å². The normalized spacial score (nSPS) is 15.9. The van der Waals surface area contributed by atoms with E-state index in [1.807, 2.05) is 24.3 Å². The van der Waals surface area contributed by atoms with Crippen LogP contribution in [0.5, 0.6) is 5.75 Å². The molecule has 1 fully saturated rings. The van der Waals surface area contributed by atoms with E-state index >= 15 is 0 Å². The van der Waals surface area contributed by atoms with Crippen molar-refractivity contribution in [2.75, 3.05) is 39.1 Å². The Balaban J connectivity index is 1.75. The van der Waals surface area contributed by atoms with Gasteiger partial charge in [0.25, 0.3) is 6.01 Å². The lowest BCUT2D eigenvalue weighted by molar-refractivity contribution is 0.0335. The summed E-state index contributed by atoms with van der Waals surface area (Å²) in [6.45, 7) is 4.08. The van der Waals surface area contributed by atoms with E-state index in [1.54, 1.807) is 7.11 Å². The van der Waals surface area contributed by atoms with Gasteiger partial charge in [0.2, 0.25) is 0 Å². The molecule has 0 spiro atoms. The van der Waals surface area contributed by atoms with Crippen molar-refractivity contribution in [3.63, 3.8) is 0 Å². The number of oxazole rings is 1. The summed E-state index contributed by atoms with van der Waals surface area (Å²) in [5.74, 6) is 1.65. The molecule has 0 saturated carbocycles. The zero-order valence-electron chi connectivity index (χ0n) is 12.7. The van der Waals surface area contributed by atoms with E-state index in [0.29, 0.717) is 6.42 Å². The molecular weight excluding hydrogens is 282 g/mol. The summed E-state index contributed by atoms with van der Waals surface area (Å²) < 4.78 is 16.2. The molecule has 0 amide bonds. The standard InChI is InChI=1S/C16H21N3O3/c1-20-13-4-2-3-12(9-13)10-15-14(18-16(17)22-15)11-19-5-7-21-8-6-19/h2-4,9H,5-8,10-11H2,1H3,(H2,17,18). The van der Waals surface area contributed by atoms with Crippen LogP contribution in [0.2, 0.25) is 0 Å². The first kappa shape index (κ1) is 14.9. The maximum atomic E-state index is 5.75. The van der Waals surface area contributed by atoms with Crippen molar-refractivity contribution in [1.29, 1.82) is 0 Å². The van der Waals surface area contributed by atoms with Gasteiger partial charge in [0.05, 0.1) is 26.0 Å². The van der Waals surface area contributed by atoms with E-state index in [9.17, 15) is 0 Å². The van der Waals surface area contributed by atoms with Crippen LogP contribution in [-0.4, -0.2) is 43.3 Å². The van der Waals surface area contributed by atoms with E-state index in [4.69, 9.17) is 19.6 Å². The molecule has 2 aromatic rings. The Kier molecular flexibility index (Phi) is 4.60. The van der Waals surface area contributed by atoms with Crippen LogP contribution in [0.4, 0.5) is 6.01 Å². The highest BCUT2D eigenvalue weighted by Crippen LogP contribution is 2.21. The molecule has 0 bridgehead atoms. The van der Waals surface area contributed by atoms with Gasteiger partial charge in [0.1, 0.15) is 11.5 Å². The molecule has 1 aromatic carbocycles. The van der Waals surface area contributed by atoms with E-state index in [2.05, 4.69) is 9.88 Å². The van der Waals surface area contributed by atoms with Crippen LogP contribution >= 0.6 is 0 Å². The lowest BCUT2D eigenvalue weighted by Crippen LogP contribution is -2.36. The Bertz CT molecular complexity index is 621. The lowest BCUT2D eigenvalue weighted by Gasteiger charge is -2.25. The molecule has 0 radical (unpaired) electrons. The topological polar surface area (TPSA) is 73.8 Å². The minimum absolute atomic E-state index is 0.223. The molecule has 1 saturated heterocycles. The quantitative estimate of drug-likeness (QED) is 0.906. The number of anilines is 1. The molecule has 1 aliphatic rings. The summed E-state index contributed by atoms with van der Waals surface area (Å²) in [5.41, 5.74) is 7.76. The number of nitrogen functional groups attached to an aromatic ring is 1. The maximum absolute atomic E-state index is 5.75. The minimum Gasteiger partial charge on any atom is -0.497 e. The Morgan fingerprint density at radius 3 is 2.91 bits per heavy atom. The molecule has 0 atom stereocenters. The smallest absolute Gasteiger partial charge is 0.292 e. The fourth-order valence-corrected chi connectivity index (χ4v) is 2.60. The predicted molar refractivity (Wildman–Crippen MR) is 82.8 cm³/mol. The highest BCUT2D eigenvalue weighted by atomic mass is 16.5. The number of hydrogen-bond acceptors (Lipinski definition) is 6. The second-order valence-corrected chi connectivity index (χ2v) is 5.34. The number of ether oxygens (including phenoxy) is 2. The molecular formula is C16H21N3O3. The summed E-state index contributed by atoms with van der Waals surface area (Å²) in [6.07, 6.45) is 0.654. The number of morpholine rings is 1. The van der Waals surface area contributed by atoms with Crippen molar-refractivity contribution in [2.24, 2.45) is 0 Å². The molecule has 22 heavy (non-hydrogen) atoms. The summed E-state index contributed by atoms with van der Waals surface area (Å²) >= 11 is 0. The average Bonchev–Trinajstić information content (AvgIpc) is 2.88. The number of hydrogen-bond donors (Lipinski definition) is 1. The van der Waals surface area contributed by atoms with Crippen LogP contribution in [0.15, 0.2) is 28.7 Å². The van der Waals surface area contributed by atoms with Gasteiger partial charge in [-0.1, -0.05) is 12.1 Å². The first-order valence-electron chi connectivity index (χ1n) is 7.41. The maximum Gasteiger partial charge on any atom is 0.292 e. The molecule has 1 aliphatic heterocycles. The zero-order chi connectivity index (χ0) is 15.4. The molecule has 3 rings (SSSR count). The van der Waals surface area contributed by atoms with Crippen molar-refractivity contribution in [3.8, 4) is 5.75 Å². The first-order valence-corrected chi connectivity index (χ1v) is 7.41. The van der Waals surface area contributed by atoms with Gasteiger partial charge in [-0.05, 0) is 17.7 Å². The summed E-state index contributed by atoms with van der Waals surface area (Å²) in [4.78, 5) is 6.64. The van der Waals surface area contributed by atoms with Gasteiger partial charge in [0, 0.05) is 26.1 Å². The Morgan fingerprint density at radius 1 is 1.32 bits per heavy atom. The van der Waals surface area contributed by atoms with Gasteiger partial charge in [-0.25, -0.2) is 0 Å². The Labute approximate surface area is 129 Å². The highest BCUT2D eigenvalue weighted by molar-refractivity contribution is 5.32. The summed E-state index contributed by atoms with van der Waals surface area (Å²) in [6, 6.07) is 8.15. The fourth-order valence-electron chi connectivity index (χ4n) is 2.60. The van der Waals surface area contributed by atoms with E-state index in [1.165, 1.54) is 0 Å². The minimum atomic E-state index is 0.223. The van der Waals surface area contributed by atoms with Crippen LogP contribution in [0.1, 0.15) is 17.0 Å². The van der Waals surface area contributed by atoms with Gasteiger partial charge in [-0.3, -0.25) is 4.90 Å².